The number of halogens is 1. The van der Waals surface area contributed by atoms with Crippen molar-refractivity contribution in [2.45, 2.75) is 19.8 Å². The average Bonchev–Trinajstić information content (AvgIpc) is 2.63. The Hall–Kier alpha value is -3.22. The summed E-state index contributed by atoms with van der Waals surface area (Å²) >= 11 is 0. The van der Waals surface area contributed by atoms with E-state index in [2.05, 4.69) is 24.5 Å². The van der Waals surface area contributed by atoms with Crippen LogP contribution in [0.5, 0.6) is 0 Å². The van der Waals surface area contributed by atoms with Gasteiger partial charge in [0.1, 0.15) is 11.7 Å². The van der Waals surface area contributed by atoms with Crippen molar-refractivity contribution in [3.8, 4) is 0 Å². The van der Waals surface area contributed by atoms with Gasteiger partial charge in [0, 0.05) is 12.2 Å². The van der Waals surface area contributed by atoms with Gasteiger partial charge in [0.15, 0.2) is 0 Å². The zero-order valence-electron chi connectivity index (χ0n) is 15.0. The van der Waals surface area contributed by atoms with Gasteiger partial charge < -0.3 is 10.6 Å². The SMILES string of the molecule is CC(C)c1ccc(NC(=O)C2CNC(=O)N(c3ccc(F)cc3)C2=O)cc1. The maximum absolute atomic E-state index is 13.1. The molecule has 2 N–H and O–H groups in total. The van der Waals surface area contributed by atoms with Crippen LogP contribution < -0.4 is 15.5 Å². The Bertz CT molecular complexity index is 863. The van der Waals surface area contributed by atoms with E-state index in [1.807, 2.05) is 12.1 Å². The van der Waals surface area contributed by atoms with Gasteiger partial charge in [0.05, 0.1) is 5.69 Å². The van der Waals surface area contributed by atoms with Crippen LogP contribution in [0, 0.1) is 11.7 Å². The minimum atomic E-state index is -1.07. The van der Waals surface area contributed by atoms with Crippen LogP contribution in [0.2, 0.25) is 0 Å². The van der Waals surface area contributed by atoms with Gasteiger partial charge in [-0.25, -0.2) is 14.1 Å². The number of anilines is 2. The Labute approximate surface area is 156 Å². The topological polar surface area (TPSA) is 78.5 Å². The van der Waals surface area contributed by atoms with Crippen molar-refractivity contribution in [3.63, 3.8) is 0 Å². The third-order valence-electron chi connectivity index (χ3n) is 4.43. The average molecular weight is 369 g/mol. The molecule has 2 aromatic rings. The van der Waals surface area contributed by atoms with Crippen molar-refractivity contribution in [2.24, 2.45) is 5.92 Å². The Morgan fingerprint density at radius 1 is 1.11 bits per heavy atom. The molecule has 0 aromatic heterocycles. The first-order valence-electron chi connectivity index (χ1n) is 8.65. The first kappa shape index (κ1) is 18.6. The van der Waals surface area contributed by atoms with E-state index in [1.165, 1.54) is 12.1 Å². The lowest BCUT2D eigenvalue weighted by molar-refractivity contribution is -0.130. The number of urea groups is 1. The maximum atomic E-state index is 13.1. The molecular weight excluding hydrogens is 349 g/mol. The van der Waals surface area contributed by atoms with Gasteiger partial charge >= 0.3 is 6.03 Å². The Kier molecular flexibility index (Phi) is 5.21. The fourth-order valence-electron chi connectivity index (χ4n) is 2.83. The summed E-state index contributed by atoms with van der Waals surface area (Å²) in [7, 11) is 0. The summed E-state index contributed by atoms with van der Waals surface area (Å²) in [4.78, 5) is 38.2. The van der Waals surface area contributed by atoms with Gasteiger partial charge in [0.2, 0.25) is 11.8 Å². The monoisotopic (exact) mass is 369 g/mol. The highest BCUT2D eigenvalue weighted by Crippen LogP contribution is 2.22. The summed E-state index contributed by atoms with van der Waals surface area (Å²) in [6.07, 6.45) is 0. The summed E-state index contributed by atoms with van der Waals surface area (Å²) in [5.41, 5.74) is 1.91. The fraction of sp³-hybridized carbons (Fsp3) is 0.250. The second-order valence-electron chi connectivity index (χ2n) is 6.65. The summed E-state index contributed by atoms with van der Waals surface area (Å²) in [5, 5.41) is 5.23. The second kappa shape index (κ2) is 7.57. The lowest BCUT2D eigenvalue weighted by Gasteiger charge is -2.30. The van der Waals surface area contributed by atoms with Crippen molar-refractivity contribution in [1.29, 1.82) is 0 Å². The molecule has 6 nitrogen and oxygen atoms in total. The molecule has 0 radical (unpaired) electrons. The van der Waals surface area contributed by atoms with Crippen LogP contribution in [0.25, 0.3) is 0 Å². The Balaban J connectivity index is 1.75. The molecule has 7 heteroatoms. The molecule has 27 heavy (non-hydrogen) atoms. The Morgan fingerprint density at radius 2 is 1.74 bits per heavy atom. The molecule has 3 rings (SSSR count). The molecule has 1 aliphatic rings. The van der Waals surface area contributed by atoms with E-state index >= 15 is 0 Å². The van der Waals surface area contributed by atoms with Crippen molar-refractivity contribution in [2.75, 3.05) is 16.8 Å². The number of benzene rings is 2. The van der Waals surface area contributed by atoms with Crippen molar-refractivity contribution in [3.05, 3.63) is 59.9 Å². The molecule has 4 amide bonds. The highest BCUT2D eigenvalue weighted by atomic mass is 19.1. The summed E-state index contributed by atoms with van der Waals surface area (Å²) < 4.78 is 13.1. The molecule has 0 aliphatic carbocycles. The van der Waals surface area contributed by atoms with Gasteiger partial charge in [-0.3, -0.25) is 9.59 Å². The first-order valence-corrected chi connectivity index (χ1v) is 8.65. The minimum absolute atomic E-state index is 0.0920. The third-order valence-corrected chi connectivity index (χ3v) is 4.43. The number of nitrogens with one attached hydrogen (secondary N) is 2. The minimum Gasteiger partial charge on any atom is -0.336 e. The van der Waals surface area contributed by atoms with Crippen LogP contribution in [-0.4, -0.2) is 24.4 Å². The van der Waals surface area contributed by atoms with Crippen molar-refractivity contribution < 1.29 is 18.8 Å². The smallest absolute Gasteiger partial charge is 0.328 e. The quantitative estimate of drug-likeness (QED) is 0.812. The standard InChI is InChI=1S/C20H20FN3O3/c1-12(2)13-3-7-15(8-4-13)23-18(25)17-11-22-20(27)24(19(17)26)16-9-5-14(21)6-10-16/h3-10,12,17H,11H2,1-2H3,(H,22,27)(H,23,25). The molecule has 0 bridgehead atoms. The highest BCUT2D eigenvalue weighted by molar-refractivity contribution is 6.23. The molecule has 1 saturated heterocycles. The number of amides is 4. The molecule has 1 aliphatic heterocycles. The summed E-state index contributed by atoms with van der Waals surface area (Å²) in [6, 6.07) is 11.7. The lowest BCUT2D eigenvalue weighted by Crippen LogP contribution is -2.58. The second-order valence-corrected chi connectivity index (χ2v) is 6.65. The molecule has 140 valence electrons. The first-order chi connectivity index (χ1) is 12.9. The van der Waals surface area contributed by atoms with Crippen molar-refractivity contribution >= 4 is 29.2 Å². The molecule has 0 spiro atoms. The zero-order valence-corrected chi connectivity index (χ0v) is 15.0. The fourth-order valence-corrected chi connectivity index (χ4v) is 2.83. The molecule has 1 heterocycles. The van der Waals surface area contributed by atoms with Gasteiger partial charge in [-0.15, -0.1) is 0 Å². The number of hydrogen-bond donors (Lipinski definition) is 2. The maximum Gasteiger partial charge on any atom is 0.328 e. The molecule has 0 saturated carbocycles. The predicted molar refractivity (Wildman–Crippen MR) is 99.9 cm³/mol. The van der Waals surface area contributed by atoms with Crippen LogP contribution in [0.4, 0.5) is 20.6 Å². The van der Waals surface area contributed by atoms with E-state index in [1.54, 1.807) is 12.1 Å². The van der Waals surface area contributed by atoms with E-state index < -0.39 is 29.6 Å². The third kappa shape index (κ3) is 3.97. The van der Waals surface area contributed by atoms with E-state index in [-0.39, 0.29) is 12.2 Å². The van der Waals surface area contributed by atoms with Gasteiger partial charge in [-0.05, 0) is 47.9 Å². The van der Waals surface area contributed by atoms with E-state index in [0.717, 1.165) is 22.6 Å². The normalized spacial score (nSPS) is 17.0. The van der Waals surface area contributed by atoms with Crippen LogP contribution in [0.1, 0.15) is 25.3 Å². The zero-order chi connectivity index (χ0) is 19.6. The highest BCUT2D eigenvalue weighted by Gasteiger charge is 2.39. The molecular formula is C20H20FN3O3. The van der Waals surface area contributed by atoms with E-state index in [4.69, 9.17) is 0 Å². The number of hydrogen-bond acceptors (Lipinski definition) is 3. The van der Waals surface area contributed by atoms with Crippen molar-refractivity contribution in [1.82, 2.24) is 5.32 Å². The summed E-state index contributed by atoms with van der Waals surface area (Å²) in [5.74, 6) is -2.35. The van der Waals surface area contributed by atoms with Gasteiger partial charge in [0.25, 0.3) is 0 Å². The van der Waals surface area contributed by atoms with Crippen LogP contribution in [0.3, 0.4) is 0 Å². The van der Waals surface area contributed by atoms with Crippen LogP contribution in [0.15, 0.2) is 48.5 Å². The molecule has 1 fully saturated rings. The van der Waals surface area contributed by atoms with E-state index in [9.17, 15) is 18.8 Å². The number of imide groups is 1. The molecule has 1 atom stereocenters. The van der Waals surface area contributed by atoms with Crippen LogP contribution in [-0.2, 0) is 9.59 Å². The van der Waals surface area contributed by atoms with E-state index in [0.29, 0.717) is 11.6 Å². The lowest BCUT2D eigenvalue weighted by atomic mass is 10.0. The summed E-state index contributed by atoms with van der Waals surface area (Å²) in [6.45, 7) is 4.05. The number of carbonyl (C=O) groups is 3. The van der Waals surface area contributed by atoms with Gasteiger partial charge in [-0.1, -0.05) is 26.0 Å². The molecule has 2 aromatic carbocycles. The van der Waals surface area contributed by atoms with Gasteiger partial charge in [-0.2, -0.15) is 0 Å². The van der Waals surface area contributed by atoms with Crippen LogP contribution >= 0.6 is 0 Å². The largest absolute Gasteiger partial charge is 0.336 e. The number of rotatable bonds is 4. The number of nitrogens with zero attached hydrogens (tertiary/aromatic N) is 1. The Morgan fingerprint density at radius 3 is 2.33 bits per heavy atom. The number of carbonyl (C=O) groups excluding carboxylic acids is 3. The predicted octanol–water partition coefficient (Wildman–Crippen LogP) is 3.26. The molecule has 1 unspecified atom stereocenters.